The Labute approximate surface area is 155 Å². The number of fused-ring (bicyclic) bond motifs is 1. The number of nitrogens with two attached hydrogens (primary N) is 1. The monoisotopic (exact) mass is 368 g/mol. The van der Waals surface area contributed by atoms with Gasteiger partial charge in [-0.25, -0.2) is 4.98 Å². The molecule has 0 spiro atoms. The molecule has 0 amide bonds. The van der Waals surface area contributed by atoms with Crippen molar-refractivity contribution in [1.82, 2.24) is 4.98 Å². The topological polar surface area (TPSA) is 63.3 Å². The minimum atomic E-state index is -0.252. The van der Waals surface area contributed by atoms with Gasteiger partial charge in [0.1, 0.15) is 0 Å². The molecule has 1 unspecified atom stereocenters. The van der Waals surface area contributed by atoms with E-state index in [4.69, 9.17) is 15.7 Å². The lowest BCUT2D eigenvalue weighted by Gasteiger charge is -2.30. The molecule has 1 atom stereocenters. The van der Waals surface area contributed by atoms with Crippen LogP contribution in [0.3, 0.4) is 0 Å². The summed E-state index contributed by atoms with van der Waals surface area (Å²) in [6, 6.07) is 14.8. The van der Waals surface area contributed by atoms with Crippen molar-refractivity contribution in [3.8, 4) is 0 Å². The van der Waals surface area contributed by atoms with Gasteiger partial charge >= 0.3 is 0 Å². The van der Waals surface area contributed by atoms with E-state index in [0.717, 1.165) is 28.5 Å². The van der Waals surface area contributed by atoms with Crippen LogP contribution in [0.15, 0.2) is 47.5 Å². The van der Waals surface area contributed by atoms with Gasteiger partial charge in [-0.3, -0.25) is 4.99 Å². The third-order valence-electron chi connectivity index (χ3n) is 4.47. The fraction of sp³-hybridized carbons (Fsp3) is 0.263. The highest BCUT2D eigenvalue weighted by atomic mass is 32.2. The van der Waals surface area contributed by atoms with Crippen LogP contribution in [0.5, 0.6) is 0 Å². The smallest absolute Gasteiger partial charge is 0.188 e. The van der Waals surface area contributed by atoms with Crippen molar-refractivity contribution in [2.45, 2.75) is 25.8 Å². The van der Waals surface area contributed by atoms with Crippen LogP contribution in [-0.4, -0.2) is 15.9 Å². The maximum atomic E-state index is 5.95. The van der Waals surface area contributed by atoms with E-state index in [9.17, 15) is 0 Å². The Morgan fingerprint density at radius 2 is 2.08 bits per heavy atom. The largest absolute Gasteiger partial charge is 0.379 e. The molecule has 3 N–H and O–H groups in total. The molecule has 6 heteroatoms. The number of anilines is 2. The number of aromatic nitrogens is 1. The lowest BCUT2D eigenvalue weighted by molar-refractivity contribution is 0.482. The third kappa shape index (κ3) is 3.37. The van der Waals surface area contributed by atoms with Crippen LogP contribution in [-0.2, 0) is 5.54 Å². The van der Waals surface area contributed by atoms with Gasteiger partial charge in [0.05, 0.1) is 15.8 Å². The number of thiazole rings is 1. The van der Waals surface area contributed by atoms with Crippen molar-refractivity contribution in [1.29, 1.82) is 0 Å². The normalized spacial score (nSPS) is 20.5. The number of thioether (sulfide) groups is 1. The van der Waals surface area contributed by atoms with Crippen molar-refractivity contribution >= 4 is 49.3 Å². The summed E-state index contributed by atoms with van der Waals surface area (Å²) in [6.07, 6.45) is 0.988. The summed E-state index contributed by atoms with van der Waals surface area (Å²) >= 11 is 3.30. The van der Waals surface area contributed by atoms with Crippen molar-refractivity contribution in [2.75, 3.05) is 11.1 Å². The zero-order valence-corrected chi connectivity index (χ0v) is 15.9. The molecule has 2 aromatic carbocycles. The molecule has 0 bridgehead atoms. The Hall–Kier alpha value is -2.05. The Kier molecular flexibility index (Phi) is 4.17. The fourth-order valence-corrected chi connectivity index (χ4v) is 4.88. The quantitative estimate of drug-likeness (QED) is 0.682. The second-order valence-electron chi connectivity index (χ2n) is 6.52. The van der Waals surface area contributed by atoms with Gasteiger partial charge in [-0.1, -0.05) is 41.3 Å². The van der Waals surface area contributed by atoms with Crippen LogP contribution >= 0.6 is 23.1 Å². The lowest BCUT2D eigenvalue weighted by Crippen LogP contribution is -2.28. The van der Waals surface area contributed by atoms with Gasteiger partial charge in [0.2, 0.25) is 0 Å². The molecule has 128 valence electrons. The third-order valence-corrected chi connectivity index (χ3v) is 6.22. The number of hydrogen-bond donors (Lipinski definition) is 2. The molecule has 2 heterocycles. The number of hydrogen-bond acceptors (Lipinski definition) is 6. The molecule has 0 saturated carbocycles. The summed E-state index contributed by atoms with van der Waals surface area (Å²) in [7, 11) is 0. The summed E-state index contributed by atoms with van der Waals surface area (Å²) in [5.74, 6) is 1.00. The Morgan fingerprint density at radius 1 is 1.20 bits per heavy atom. The Balaban J connectivity index is 1.64. The van der Waals surface area contributed by atoms with Crippen LogP contribution in [0.2, 0.25) is 0 Å². The fourth-order valence-electron chi connectivity index (χ4n) is 3.04. The van der Waals surface area contributed by atoms with Crippen LogP contribution in [0.1, 0.15) is 24.5 Å². The van der Waals surface area contributed by atoms with Gasteiger partial charge in [0.25, 0.3) is 0 Å². The van der Waals surface area contributed by atoms with Gasteiger partial charge in [-0.05, 0) is 55.7 Å². The average molecular weight is 369 g/mol. The second kappa shape index (κ2) is 6.35. The second-order valence-corrected chi connectivity index (χ2v) is 8.66. The summed E-state index contributed by atoms with van der Waals surface area (Å²) in [6.45, 7) is 4.24. The first-order valence-electron chi connectivity index (χ1n) is 8.25. The maximum absolute atomic E-state index is 5.95. The van der Waals surface area contributed by atoms with E-state index in [1.165, 1.54) is 15.8 Å². The van der Waals surface area contributed by atoms with E-state index in [0.29, 0.717) is 5.17 Å². The summed E-state index contributed by atoms with van der Waals surface area (Å²) < 4.78 is 1.19. The first-order chi connectivity index (χ1) is 12.0. The zero-order chi connectivity index (χ0) is 17.4. The number of benzene rings is 2. The van der Waals surface area contributed by atoms with Crippen molar-refractivity contribution in [3.63, 3.8) is 0 Å². The molecule has 0 aliphatic carbocycles. The number of aryl methyl sites for hydroxylation is 1. The molecule has 1 aliphatic rings. The average Bonchev–Trinajstić information content (AvgIpc) is 2.96. The summed E-state index contributed by atoms with van der Waals surface area (Å²) in [5, 5.41) is 5.03. The number of nitrogens with zero attached hydrogens (tertiary/aromatic N) is 2. The van der Waals surface area contributed by atoms with Gasteiger partial charge in [-0.15, -0.1) is 0 Å². The molecule has 1 aromatic heterocycles. The molecule has 0 fully saturated rings. The Morgan fingerprint density at radius 3 is 2.92 bits per heavy atom. The van der Waals surface area contributed by atoms with Gasteiger partial charge in [0.15, 0.2) is 10.3 Å². The SMILES string of the molecule is Cc1ccc2sc(Nc3cccc(C4(C)CCSC(N)=N4)c3)nc2c1. The minimum Gasteiger partial charge on any atom is -0.379 e. The predicted molar refractivity (Wildman–Crippen MR) is 110 cm³/mol. The minimum absolute atomic E-state index is 0.252. The molecule has 25 heavy (non-hydrogen) atoms. The highest BCUT2D eigenvalue weighted by molar-refractivity contribution is 8.13. The molecule has 0 radical (unpaired) electrons. The highest BCUT2D eigenvalue weighted by Crippen LogP contribution is 2.36. The van der Waals surface area contributed by atoms with Crippen LogP contribution in [0.4, 0.5) is 10.8 Å². The molecule has 4 nitrogen and oxygen atoms in total. The van der Waals surface area contributed by atoms with Crippen molar-refractivity contribution in [2.24, 2.45) is 10.7 Å². The van der Waals surface area contributed by atoms with E-state index in [-0.39, 0.29) is 5.54 Å². The first kappa shape index (κ1) is 16.4. The van der Waals surface area contributed by atoms with E-state index in [1.807, 2.05) is 0 Å². The summed E-state index contributed by atoms with van der Waals surface area (Å²) in [4.78, 5) is 9.39. The standard InChI is InChI=1S/C19H20N4S2/c1-12-6-7-16-15(10-12)22-18(25-16)21-14-5-3-4-13(11-14)19(2)8-9-24-17(20)23-19/h3-7,10-11H,8-9H2,1-2H3,(H2,20,23)(H,21,22). The molecule has 4 rings (SSSR count). The van der Waals surface area contributed by atoms with E-state index in [2.05, 4.69) is 61.6 Å². The maximum Gasteiger partial charge on any atom is 0.188 e. The molecule has 1 aliphatic heterocycles. The Bertz CT molecular complexity index is 963. The molecular formula is C19H20N4S2. The van der Waals surface area contributed by atoms with Gasteiger partial charge < -0.3 is 11.1 Å². The highest BCUT2D eigenvalue weighted by Gasteiger charge is 2.29. The number of nitrogens with one attached hydrogen (secondary N) is 1. The molecule has 3 aromatic rings. The molecular weight excluding hydrogens is 348 g/mol. The number of amidine groups is 1. The van der Waals surface area contributed by atoms with Crippen molar-refractivity contribution in [3.05, 3.63) is 53.6 Å². The van der Waals surface area contributed by atoms with Crippen LogP contribution < -0.4 is 11.1 Å². The lowest BCUT2D eigenvalue weighted by atomic mass is 9.89. The van der Waals surface area contributed by atoms with Crippen LogP contribution in [0, 0.1) is 6.92 Å². The zero-order valence-electron chi connectivity index (χ0n) is 14.2. The van der Waals surface area contributed by atoms with E-state index < -0.39 is 0 Å². The van der Waals surface area contributed by atoms with Crippen molar-refractivity contribution < 1.29 is 0 Å². The molecule has 0 saturated heterocycles. The van der Waals surface area contributed by atoms with Crippen LogP contribution in [0.25, 0.3) is 10.2 Å². The van der Waals surface area contributed by atoms with Gasteiger partial charge in [0, 0.05) is 11.4 Å². The van der Waals surface area contributed by atoms with E-state index in [1.54, 1.807) is 23.1 Å². The number of aliphatic imine (C=N–C) groups is 1. The van der Waals surface area contributed by atoms with E-state index >= 15 is 0 Å². The van der Waals surface area contributed by atoms with Gasteiger partial charge in [-0.2, -0.15) is 0 Å². The summed E-state index contributed by atoms with van der Waals surface area (Å²) in [5.41, 5.74) is 10.2. The first-order valence-corrected chi connectivity index (χ1v) is 10.0. The predicted octanol–water partition coefficient (Wildman–Crippen LogP) is 5.02. The number of rotatable bonds is 3.